The minimum absolute atomic E-state index is 0.131. The van der Waals surface area contributed by atoms with E-state index < -0.39 is 11.9 Å². The monoisotopic (exact) mass is 337 g/mol. The summed E-state index contributed by atoms with van der Waals surface area (Å²) in [5, 5.41) is 21.1. The van der Waals surface area contributed by atoms with Crippen molar-refractivity contribution in [1.82, 2.24) is 9.78 Å². The van der Waals surface area contributed by atoms with Gasteiger partial charge in [-0.3, -0.25) is 4.68 Å². The minimum atomic E-state index is -1.26. The van der Waals surface area contributed by atoms with E-state index >= 15 is 0 Å². The summed E-state index contributed by atoms with van der Waals surface area (Å²) in [4.78, 5) is 20.4. The van der Waals surface area contributed by atoms with Crippen LogP contribution in [0.5, 0.6) is 0 Å². The molecule has 8 heteroatoms. The number of hydrogen-bond donors (Lipinski definition) is 3. The smallest absolute Gasteiger partial charge is 0.328 e. The van der Waals surface area contributed by atoms with Gasteiger partial charge in [0.2, 0.25) is 0 Å². The van der Waals surface area contributed by atoms with Gasteiger partial charge in [-0.05, 0) is 25.3 Å². The maximum absolute atomic E-state index is 9.55. The number of hydrogen-bond acceptors (Lipinski definition) is 5. The lowest BCUT2D eigenvalue weighted by molar-refractivity contribution is -0.134. The second kappa shape index (κ2) is 8.96. The summed E-state index contributed by atoms with van der Waals surface area (Å²) < 4.78 is 1.97. The molecule has 0 amide bonds. The molecule has 23 heavy (non-hydrogen) atoms. The van der Waals surface area contributed by atoms with Crippen molar-refractivity contribution in [3.05, 3.63) is 36.5 Å². The largest absolute Gasteiger partial charge is 0.478 e. The highest BCUT2D eigenvalue weighted by atomic mass is 32.2. The highest BCUT2D eigenvalue weighted by Crippen LogP contribution is 2.21. The number of aliphatic carboxylic acids is 2. The molecule has 0 saturated carbocycles. The van der Waals surface area contributed by atoms with Crippen molar-refractivity contribution in [3.8, 4) is 0 Å². The van der Waals surface area contributed by atoms with E-state index in [0.717, 1.165) is 6.54 Å². The number of fused-ring (bicyclic) bond motifs is 1. The quantitative estimate of drug-likeness (QED) is 0.562. The normalized spacial score (nSPS) is 12.0. The first-order chi connectivity index (χ1) is 10.8. The third kappa shape index (κ3) is 6.54. The first kappa shape index (κ1) is 18.7. The van der Waals surface area contributed by atoms with Gasteiger partial charge < -0.3 is 15.9 Å². The van der Waals surface area contributed by atoms with Gasteiger partial charge in [0, 0.05) is 28.5 Å². The van der Waals surface area contributed by atoms with Gasteiger partial charge in [0.25, 0.3) is 0 Å². The summed E-state index contributed by atoms with van der Waals surface area (Å²) in [5.74, 6) is -2.51. The molecular formula is C15H19N3O4S. The lowest BCUT2D eigenvalue weighted by atomic mass is 10.2. The molecule has 0 bridgehead atoms. The third-order valence-electron chi connectivity index (χ3n) is 2.68. The fraction of sp³-hybridized carbons (Fsp3) is 0.267. The summed E-state index contributed by atoms with van der Waals surface area (Å²) in [7, 11) is 0. The van der Waals surface area contributed by atoms with Gasteiger partial charge in [-0.2, -0.15) is 5.10 Å². The Kier molecular flexibility index (Phi) is 7.30. The van der Waals surface area contributed by atoms with E-state index in [-0.39, 0.29) is 6.04 Å². The van der Waals surface area contributed by atoms with Crippen LogP contribution in [0.2, 0.25) is 0 Å². The molecule has 0 spiro atoms. The molecule has 7 nitrogen and oxygen atoms in total. The van der Waals surface area contributed by atoms with E-state index in [2.05, 4.69) is 29.6 Å². The van der Waals surface area contributed by atoms with Gasteiger partial charge in [0.05, 0.1) is 18.3 Å². The SMILES string of the molecule is CSc1ccc2cnn(CC(C)N)c2c1.O=C(O)/C=C/C(=O)O. The van der Waals surface area contributed by atoms with Crippen LogP contribution in [0.25, 0.3) is 10.9 Å². The lowest BCUT2D eigenvalue weighted by Crippen LogP contribution is -2.22. The minimum Gasteiger partial charge on any atom is -0.478 e. The molecule has 0 aliphatic heterocycles. The summed E-state index contributed by atoms with van der Waals surface area (Å²) in [6.45, 7) is 2.76. The van der Waals surface area contributed by atoms with Crippen molar-refractivity contribution in [1.29, 1.82) is 0 Å². The predicted molar refractivity (Wildman–Crippen MR) is 89.6 cm³/mol. The van der Waals surface area contributed by atoms with Crippen molar-refractivity contribution < 1.29 is 19.8 Å². The van der Waals surface area contributed by atoms with E-state index in [4.69, 9.17) is 15.9 Å². The van der Waals surface area contributed by atoms with E-state index in [1.807, 2.05) is 17.8 Å². The van der Waals surface area contributed by atoms with Crippen LogP contribution in [0.15, 0.2) is 41.4 Å². The van der Waals surface area contributed by atoms with E-state index in [0.29, 0.717) is 12.2 Å². The number of aromatic nitrogens is 2. The second-order valence-corrected chi connectivity index (χ2v) is 5.62. The predicted octanol–water partition coefficient (Wildman–Crippen LogP) is 1.82. The molecule has 1 aromatic carbocycles. The molecule has 2 aromatic rings. The fourth-order valence-corrected chi connectivity index (χ4v) is 2.17. The highest BCUT2D eigenvalue weighted by Gasteiger charge is 2.05. The average Bonchev–Trinajstić information content (AvgIpc) is 2.87. The fourth-order valence-electron chi connectivity index (χ4n) is 1.74. The standard InChI is InChI=1S/C11H15N3S.C4H4O4/c1-8(12)7-14-11-5-10(15-2)4-3-9(11)6-13-14;5-3(6)1-2-4(7)8/h3-6,8H,7,12H2,1-2H3;1-2H,(H,5,6)(H,7,8)/b;2-1+. The maximum atomic E-state index is 9.55. The number of nitrogens with zero attached hydrogens (tertiary/aromatic N) is 2. The highest BCUT2D eigenvalue weighted by molar-refractivity contribution is 7.98. The van der Waals surface area contributed by atoms with Crippen LogP contribution < -0.4 is 5.73 Å². The van der Waals surface area contributed by atoms with Crippen LogP contribution in [-0.4, -0.2) is 44.2 Å². The molecule has 4 N–H and O–H groups in total. The van der Waals surface area contributed by atoms with Crippen molar-refractivity contribution in [3.63, 3.8) is 0 Å². The summed E-state index contributed by atoms with van der Waals surface area (Å²) in [6.07, 6.45) is 5.08. The van der Waals surface area contributed by atoms with E-state index in [9.17, 15) is 9.59 Å². The number of benzene rings is 1. The Morgan fingerprint density at radius 2 is 1.96 bits per heavy atom. The Bertz CT molecular complexity index is 694. The Hall–Kier alpha value is -2.32. The topological polar surface area (TPSA) is 118 Å². The van der Waals surface area contributed by atoms with Crippen molar-refractivity contribution in [2.24, 2.45) is 5.73 Å². The van der Waals surface area contributed by atoms with E-state index in [1.165, 1.54) is 15.8 Å². The zero-order chi connectivity index (χ0) is 17.4. The summed E-state index contributed by atoms with van der Waals surface area (Å²) in [5.41, 5.74) is 6.95. The van der Waals surface area contributed by atoms with Crippen molar-refractivity contribution in [2.75, 3.05) is 6.26 Å². The molecule has 0 aliphatic carbocycles. The first-order valence-corrected chi connectivity index (χ1v) is 7.95. The maximum Gasteiger partial charge on any atom is 0.328 e. The van der Waals surface area contributed by atoms with Crippen LogP contribution in [0, 0.1) is 0 Å². The van der Waals surface area contributed by atoms with Gasteiger partial charge >= 0.3 is 11.9 Å². The molecule has 2 rings (SSSR count). The van der Waals surface area contributed by atoms with Crippen molar-refractivity contribution in [2.45, 2.75) is 24.4 Å². The first-order valence-electron chi connectivity index (χ1n) is 6.72. The summed E-state index contributed by atoms with van der Waals surface area (Å²) in [6, 6.07) is 6.51. The number of rotatable bonds is 5. The molecule has 0 saturated heterocycles. The molecule has 1 unspecified atom stereocenters. The van der Waals surface area contributed by atoms with Crippen LogP contribution in [-0.2, 0) is 16.1 Å². The number of thioether (sulfide) groups is 1. The number of carboxylic acid groups (broad SMARTS) is 2. The molecule has 1 aromatic heterocycles. The van der Waals surface area contributed by atoms with Crippen LogP contribution in [0.1, 0.15) is 6.92 Å². The molecule has 124 valence electrons. The van der Waals surface area contributed by atoms with E-state index in [1.54, 1.807) is 11.8 Å². The van der Waals surface area contributed by atoms with Gasteiger partial charge in [-0.1, -0.05) is 6.07 Å². The Balaban J connectivity index is 0.000000284. The third-order valence-corrected chi connectivity index (χ3v) is 3.41. The molecule has 0 fully saturated rings. The second-order valence-electron chi connectivity index (χ2n) is 4.74. The van der Waals surface area contributed by atoms with Gasteiger partial charge in [0.1, 0.15) is 0 Å². The Labute approximate surface area is 137 Å². The van der Waals surface area contributed by atoms with Crippen LogP contribution in [0.4, 0.5) is 0 Å². The number of carboxylic acids is 2. The lowest BCUT2D eigenvalue weighted by Gasteiger charge is -2.07. The van der Waals surface area contributed by atoms with Crippen LogP contribution >= 0.6 is 11.8 Å². The number of carbonyl (C=O) groups is 2. The molecular weight excluding hydrogens is 318 g/mol. The summed E-state index contributed by atoms with van der Waals surface area (Å²) >= 11 is 1.74. The number of nitrogens with two attached hydrogens (primary N) is 1. The molecule has 0 radical (unpaired) electrons. The Morgan fingerprint density at radius 1 is 1.35 bits per heavy atom. The Morgan fingerprint density at radius 3 is 2.43 bits per heavy atom. The average molecular weight is 337 g/mol. The zero-order valence-electron chi connectivity index (χ0n) is 12.8. The van der Waals surface area contributed by atoms with Gasteiger partial charge in [-0.25, -0.2) is 9.59 Å². The van der Waals surface area contributed by atoms with Crippen LogP contribution in [0.3, 0.4) is 0 Å². The molecule has 1 atom stereocenters. The molecule has 1 heterocycles. The zero-order valence-corrected chi connectivity index (χ0v) is 13.7. The van der Waals surface area contributed by atoms with Crippen molar-refractivity contribution >= 4 is 34.6 Å². The van der Waals surface area contributed by atoms with Gasteiger partial charge in [-0.15, -0.1) is 11.8 Å². The molecule has 0 aliphatic rings. The van der Waals surface area contributed by atoms with Gasteiger partial charge in [0.15, 0.2) is 0 Å².